The van der Waals surface area contributed by atoms with Gasteiger partial charge >= 0.3 is 5.97 Å². The SMILES string of the molecule is O=C1C/C=C\CCCCCCCO1. The lowest BCUT2D eigenvalue weighted by molar-refractivity contribution is -0.142. The molecule has 0 fully saturated rings. The van der Waals surface area contributed by atoms with Crippen molar-refractivity contribution in [3.05, 3.63) is 12.2 Å². The number of carbonyl (C=O) groups excluding carboxylic acids is 1. The van der Waals surface area contributed by atoms with Gasteiger partial charge in [0.2, 0.25) is 0 Å². The summed E-state index contributed by atoms with van der Waals surface area (Å²) in [6.45, 7) is 0.604. The van der Waals surface area contributed by atoms with Crippen molar-refractivity contribution >= 4 is 5.97 Å². The predicted molar refractivity (Wildman–Crippen MR) is 52.4 cm³/mol. The molecule has 74 valence electrons. The summed E-state index contributed by atoms with van der Waals surface area (Å²) in [6, 6.07) is 0. The highest BCUT2D eigenvalue weighted by atomic mass is 16.5. The number of esters is 1. The van der Waals surface area contributed by atoms with E-state index >= 15 is 0 Å². The topological polar surface area (TPSA) is 26.3 Å². The zero-order chi connectivity index (χ0) is 9.36. The van der Waals surface area contributed by atoms with E-state index in [4.69, 9.17) is 4.74 Å². The lowest BCUT2D eigenvalue weighted by Gasteiger charge is -2.04. The van der Waals surface area contributed by atoms with E-state index in [2.05, 4.69) is 6.08 Å². The molecule has 13 heavy (non-hydrogen) atoms. The minimum atomic E-state index is -0.0863. The highest BCUT2D eigenvalue weighted by Crippen LogP contribution is 2.07. The van der Waals surface area contributed by atoms with Crippen molar-refractivity contribution < 1.29 is 9.53 Å². The molecule has 1 rings (SSSR count). The molecule has 0 radical (unpaired) electrons. The van der Waals surface area contributed by atoms with Crippen LogP contribution in [0.5, 0.6) is 0 Å². The van der Waals surface area contributed by atoms with Crippen LogP contribution in [-0.2, 0) is 9.53 Å². The summed E-state index contributed by atoms with van der Waals surface area (Å²) in [4.78, 5) is 11.0. The first-order valence-electron chi connectivity index (χ1n) is 5.20. The van der Waals surface area contributed by atoms with Crippen molar-refractivity contribution in [3.8, 4) is 0 Å². The lowest BCUT2D eigenvalue weighted by Crippen LogP contribution is -2.04. The van der Waals surface area contributed by atoms with Crippen LogP contribution in [0.15, 0.2) is 12.2 Å². The number of hydrogen-bond acceptors (Lipinski definition) is 2. The largest absolute Gasteiger partial charge is 0.465 e. The smallest absolute Gasteiger partial charge is 0.309 e. The van der Waals surface area contributed by atoms with Crippen LogP contribution in [0.2, 0.25) is 0 Å². The minimum Gasteiger partial charge on any atom is -0.465 e. The molecule has 0 aromatic heterocycles. The average molecular weight is 182 g/mol. The zero-order valence-electron chi connectivity index (χ0n) is 8.13. The first kappa shape index (κ1) is 10.3. The highest BCUT2D eigenvalue weighted by molar-refractivity contribution is 5.71. The molecule has 0 bridgehead atoms. The molecule has 1 aliphatic heterocycles. The summed E-state index contributed by atoms with van der Waals surface area (Å²) < 4.78 is 5.02. The number of allylic oxidation sites excluding steroid dienone is 1. The van der Waals surface area contributed by atoms with Gasteiger partial charge in [0.1, 0.15) is 0 Å². The Labute approximate surface area is 80.0 Å². The highest BCUT2D eigenvalue weighted by Gasteiger charge is 1.99. The van der Waals surface area contributed by atoms with Gasteiger partial charge in [-0.05, 0) is 19.3 Å². The molecule has 0 spiro atoms. The Kier molecular flexibility index (Phi) is 5.30. The molecular weight excluding hydrogens is 164 g/mol. The quantitative estimate of drug-likeness (QED) is 0.425. The van der Waals surface area contributed by atoms with E-state index in [9.17, 15) is 4.79 Å². The van der Waals surface area contributed by atoms with Crippen LogP contribution in [0, 0.1) is 0 Å². The Hall–Kier alpha value is -0.790. The zero-order valence-corrected chi connectivity index (χ0v) is 8.13. The van der Waals surface area contributed by atoms with Crippen molar-refractivity contribution in [2.24, 2.45) is 0 Å². The van der Waals surface area contributed by atoms with E-state index in [-0.39, 0.29) is 5.97 Å². The maximum absolute atomic E-state index is 11.0. The Morgan fingerprint density at radius 3 is 2.69 bits per heavy atom. The van der Waals surface area contributed by atoms with Gasteiger partial charge in [-0.2, -0.15) is 0 Å². The number of ether oxygens (including phenoxy) is 1. The summed E-state index contributed by atoms with van der Waals surface area (Å²) >= 11 is 0. The van der Waals surface area contributed by atoms with E-state index in [0.29, 0.717) is 13.0 Å². The average Bonchev–Trinajstić information content (AvgIpc) is 2.11. The van der Waals surface area contributed by atoms with Crippen LogP contribution in [0.4, 0.5) is 0 Å². The Balaban J connectivity index is 2.26. The van der Waals surface area contributed by atoms with Crippen molar-refractivity contribution in [3.63, 3.8) is 0 Å². The monoisotopic (exact) mass is 182 g/mol. The fourth-order valence-electron chi connectivity index (χ4n) is 1.44. The molecule has 0 aromatic rings. The molecule has 1 heterocycles. The number of cyclic esters (lactones) is 1. The fourth-order valence-corrected chi connectivity index (χ4v) is 1.44. The Morgan fingerprint density at radius 1 is 1.00 bits per heavy atom. The predicted octanol–water partition coefficient (Wildman–Crippen LogP) is 2.83. The molecule has 0 saturated heterocycles. The van der Waals surface area contributed by atoms with Gasteiger partial charge in [0, 0.05) is 0 Å². The van der Waals surface area contributed by atoms with Crippen molar-refractivity contribution in [1.82, 2.24) is 0 Å². The molecule has 0 aromatic carbocycles. The van der Waals surface area contributed by atoms with Gasteiger partial charge < -0.3 is 4.74 Å². The third-order valence-electron chi connectivity index (χ3n) is 2.23. The third-order valence-corrected chi connectivity index (χ3v) is 2.23. The third kappa shape index (κ3) is 5.45. The Bertz CT molecular complexity index is 173. The molecule has 0 atom stereocenters. The molecule has 0 aliphatic carbocycles. The summed E-state index contributed by atoms with van der Waals surface area (Å²) in [5, 5.41) is 0. The standard InChI is InChI=1S/C11H18O2/c12-11-9-7-5-3-1-2-4-6-8-10-13-11/h5,7H,1-4,6,8-10H2/b7-5-. The summed E-state index contributed by atoms with van der Waals surface area (Å²) in [5.74, 6) is -0.0863. The van der Waals surface area contributed by atoms with E-state index in [0.717, 1.165) is 12.8 Å². The van der Waals surface area contributed by atoms with Crippen LogP contribution >= 0.6 is 0 Å². The molecule has 2 heteroatoms. The van der Waals surface area contributed by atoms with E-state index < -0.39 is 0 Å². The lowest BCUT2D eigenvalue weighted by atomic mass is 10.1. The number of hydrogen-bond donors (Lipinski definition) is 0. The second-order valence-corrected chi connectivity index (χ2v) is 3.45. The van der Waals surface area contributed by atoms with Gasteiger partial charge in [0.15, 0.2) is 0 Å². The minimum absolute atomic E-state index is 0.0863. The summed E-state index contributed by atoms with van der Waals surface area (Å²) in [7, 11) is 0. The molecule has 0 unspecified atom stereocenters. The first-order valence-corrected chi connectivity index (χ1v) is 5.20. The van der Waals surface area contributed by atoms with Gasteiger partial charge in [0.05, 0.1) is 13.0 Å². The van der Waals surface area contributed by atoms with Gasteiger partial charge in [-0.25, -0.2) is 0 Å². The number of carbonyl (C=O) groups is 1. The fraction of sp³-hybridized carbons (Fsp3) is 0.727. The summed E-state index contributed by atoms with van der Waals surface area (Å²) in [6.07, 6.45) is 11.6. The molecule has 2 nitrogen and oxygen atoms in total. The van der Waals surface area contributed by atoms with Crippen LogP contribution in [0.3, 0.4) is 0 Å². The Morgan fingerprint density at radius 2 is 1.77 bits per heavy atom. The number of rotatable bonds is 0. The van der Waals surface area contributed by atoms with Gasteiger partial charge in [-0.1, -0.05) is 31.4 Å². The summed E-state index contributed by atoms with van der Waals surface area (Å²) in [5.41, 5.74) is 0. The second-order valence-electron chi connectivity index (χ2n) is 3.45. The van der Waals surface area contributed by atoms with Crippen LogP contribution in [-0.4, -0.2) is 12.6 Å². The van der Waals surface area contributed by atoms with Gasteiger partial charge in [-0.3, -0.25) is 4.79 Å². The maximum atomic E-state index is 11.0. The normalized spacial score (nSPS) is 23.8. The van der Waals surface area contributed by atoms with Gasteiger partial charge in [-0.15, -0.1) is 0 Å². The van der Waals surface area contributed by atoms with E-state index in [1.165, 1.54) is 25.7 Å². The molecule has 0 N–H and O–H groups in total. The molecule has 0 amide bonds. The first-order chi connectivity index (χ1) is 6.39. The van der Waals surface area contributed by atoms with E-state index in [1.807, 2.05) is 6.08 Å². The van der Waals surface area contributed by atoms with Crippen LogP contribution in [0.25, 0.3) is 0 Å². The van der Waals surface area contributed by atoms with Crippen LogP contribution < -0.4 is 0 Å². The van der Waals surface area contributed by atoms with Crippen molar-refractivity contribution in [2.75, 3.05) is 6.61 Å². The van der Waals surface area contributed by atoms with Gasteiger partial charge in [0.25, 0.3) is 0 Å². The van der Waals surface area contributed by atoms with Crippen molar-refractivity contribution in [1.29, 1.82) is 0 Å². The molecule has 0 saturated carbocycles. The van der Waals surface area contributed by atoms with Crippen LogP contribution in [0.1, 0.15) is 44.9 Å². The van der Waals surface area contributed by atoms with E-state index in [1.54, 1.807) is 0 Å². The molecular formula is C11H18O2. The second kappa shape index (κ2) is 6.70. The van der Waals surface area contributed by atoms with Crippen molar-refractivity contribution in [2.45, 2.75) is 44.9 Å². The molecule has 1 aliphatic rings. The maximum Gasteiger partial charge on any atom is 0.309 e.